The molecule has 0 N–H and O–H groups in total. The summed E-state index contributed by atoms with van der Waals surface area (Å²) in [5.41, 5.74) is 0.419. The number of sulfonamides is 1. The van der Waals surface area contributed by atoms with Crippen LogP contribution >= 0.6 is 0 Å². The topological polar surface area (TPSA) is 66.9 Å². The van der Waals surface area contributed by atoms with E-state index >= 15 is 0 Å². The van der Waals surface area contributed by atoms with Gasteiger partial charge in [-0.3, -0.25) is 4.79 Å². The fraction of sp³-hybridized carbons (Fsp3) is 0.588. The average Bonchev–Trinajstić information content (AvgIpc) is 2.62. The van der Waals surface area contributed by atoms with Crippen molar-refractivity contribution in [2.75, 3.05) is 39.4 Å². The Hall–Kier alpha value is -1.44. The van der Waals surface area contributed by atoms with E-state index in [-0.39, 0.29) is 10.8 Å². The molecule has 6 nitrogen and oxygen atoms in total. The number of amides is 1. The summed E-state index contributed by atoms with van der Waals surface area (Å²) in [5, 5.41) is 0. The predicted molar refractivity (Wildman–Crippen MR) is 90.3 cm³/mol. The lowest BCUT2D eigenvalue weighted by Gasteiger charge is -2.30. The second-order valence-electron chi connectivity index (χ2n) is 6.54. The molecule has 1 amide bonds. The average molecular weight is 352 g/mol. The molecule has 7 heteroatoms. The van der Waals surface area contributed by atoms with Crippen molar-refractivity contribution in [1.29, 1.82) is 0 Å². The number of hydrogen-bond donors (Lipinski definition) is 0. The van der Waals surface area contributed by atoms with E-state index in [1.54, 1.807) is 27.4 Å². The van der Waals surface area contributed by atoms with Crippen molar-refractivity contribution in [2.45, 2.75) is 24.7 Å². The monoisotopic (exact) mass is 352 g/mol. The molecule has 1 atom stereocenters. The summed E-state index contributed by atoms with van der Waals surface area (Å²) in [4.78, 5) is 14.5. The van der Waals surface area contributed by atoms with E-state index in [2.05, 4.69) is 6.92 Å². The van der Waals surface area contributed by atoms with Crippen LogP contribution in [0.15, 0.2) is 29.2 Å². The number of carbonyl (C=O) groups excluding carboxylic acids is 1. The van der Waals surface area contributed by atoms with Gasteiger partial charge in [0.05, 0.1) is 18.1 Å². The molecule has 0 bridgehead atoms. The van der Waals surface area contributed by atoms with Crippen LogP contribution in [0, 0.1) is 5.92 Å². The highest BCUT2D eigenvalue weighted by atomic mass is 32.2. The maximum Gasteiger partial charge on any atom is 0.254 e. The van der Waals surface area contributed by atoms with Gasteiger partial charge in [-0.2, -0.15) is 4.31 Å². The number of piperidine rings is 1. The first-order valence-electron chi connectivity index (χ1n) is 8.46. The minimum absolute atomic E-state index is 0.137. The van der Waals surface area contributed by atoms with Crippen molar-refractivity contribution in [3.05, 3.63) is 29.8 Å². The van der Waals surface area contributed by atoms with Crippen LogP contribution in [-0.4, -0.2) is 62.9 Å². The summed E-state index contributed by atoms with van der Waals surface area (Å²) in [6, 6.07) is 6.40. The minimum atomic E-state index is -3.54. The largest absolute Gasteiger partial charge is 0.378 e. The molecule has 0 radical (unpaired) electrons. The molecule has 2 aliphatic heterocycles. The molecule has 0 saturated carbocycles. The lowest BCUT2D eigenvalue weighted by molar-refractivity contribution is 0.0302. The summed E-state index contributed by atoms with van der Waals surface area (Å²) in [5.74, 6) is 0.231. The van der Waals surface area contributed by atoms with Gasteiger partial charge >= 0.3 is 0 Å². The first-order chi connectivity index (χ1) is 11.5. The molecular weight excluding hydrogens is 328 g/mol. The lowest BCUT2D eigenvalue weighted by atomic mass is 10.0. The van der Waals surface area contributed by atoms with Gasteiger partial charge in [0.15, 0.2) is 0 Å². The zero-order valence-electron chi connectivity index (χ0n) is 14.0. The van der Waals surface area contributed by atoms with Gasteiger partial charge in [-0.25, -0.2) is 8.42 Å². The van der Waals surface area contributed by atoms with Crippen molar-refractivity contribution >= 4 is 15.9 Å². The third-order valence-electron chi connectivity index (χ3n) is 4.64. The zero-order chi connectivity index (χ0) is 17.2. The van der Waals surface area contributed by atoms with Crippen LogP contribution in [0.2, 0.25) is 0 Å². The van der Waals surface area contributed by atoms with Crippen LogP contribution in [0.3, 0.4) is 0 Å². The highest BCUT2D eigenvalue weighted by molar-refractivity contribution is 7.89. The summed E-state index contributed by atoms with van der Waals surface area (Å²) in [7, 11) is -3.54. The van der Waals surface area contributed by atoms with Crippen LogP contribution in [0.25, 0.3) is 0 Å². The first-order valence-corrected chi connectivity index (χ1v) is 9.90. The molecule has 0 aromatic heterocycles. The van der Waals surface area contributed by atoms with Gasteiger partial charge in [-0.05, 0) is 37.0 Å². The molecule has 3 rings (SSSR count). The van der Waals surface area contributed by atoms with Crippen LogP contribution in [0.1, 0.15) is 30.1 Å². The van der Waals surface area contributed by atoms with Crippen LogP contribution in [0.5, 0.6) is 0 Å². The third kappa shape index (κ3) is 3.63. The number of morpholine rings is 1. The molecule has 0 spiro atoms. The number of ether oxygens (including phenoxy) is 1. The van der Waals surface area contributed by atoms with Crippen LogP contribution < -0.4 is 0 Å². The number of hydrogen-bond acceptors (Lipinski definition) is 4. The highest BCUT2D eigenvalue weighted by Crippen LogP contribution is 2.24. The Balaban J connectivity index is 1.82. The quantitative estimate of drug-likeness (QED) is 0.828. The second kappa shape index (κ2) is 7.21. The molecule has 2 saturated heterocycles. The molecule has 132 valence electrons. The SMILES string of the molecule is CC1CCCN(S(=O)(=O)c2cccc(C(=O)N3CCOCC3)c2)C1. The van der Waals surface area contributed by atoms with Gasteiger partial charge in [0.25, 0.3) is 5.91 Å². The number of nitrogens with zero attached hydrogens (tertiary/aromatic N) is 2. The van der Waals surface area contributed by atoms with Gasteiger partial charge in [0.1, 0.15) is 0 Å². The maximum absolute atomic E-state index is 12.9. The maximum atomic E-state index is 12.9. The normalized spacial score (nSPS) is 23.2. The summed E-state index contributed by atoms with van der Waals surface area (Å²) in [6.07, 6.45) is 1.94. The molecule has 1 unspecified atom stereocenters. The minimum Gasteiger partial charge on any atom is -0.378 e. The smallest absolute Gasteiger partial charge is 0.254 e. The van der Waals surface area contributed by atoms with E-state index in [0.29, 0.717) is 50.9 Å². The van der Waals surface area contributed by atoms with E-state index in [9.17, 15) is 13.2 Å². The lowest BCUT2D eigenvalue weighted by Crippen LogP contribution is -2.41. The Labute approximate surface area is 143 Å². The number of benzene rings is 1. The summed E-state index contributed by atoms with van der Waals surface area (Å²) < 4.78 is 32.5. The first kappa shape index (κ1) is 17.4. The van der Waals surface area contributed by atoms with E-state index in [1.807, 2.05) is 0 Å². The molecular formula is C17H24N2O4S. The Bertz CT molecular complexity index is 698. The van der Waals surface area contributed by atoms with E-state index in [1.165, 1.54) is 6.07 Å². The van der Waals surface area contributed by atoms with Gasteiger partial charge in [-0.15, -0.1) is 0 Å². The number of rotatable bonds is 3. The fourth-order valence-electron chi connectivity index (χ4n) is 3.25. The van der Waals surface area contributed by atoms with Crippen molar-refractivity contribution in [1.82, 2.24) is 9.21 Å². The Kier molecular flexibility index (Phi) is 5.22. The molecule has 24 heavy (non-hydrogen) atoms. The Morgan fingerprint density at radius 2 is 1.96 bits per heavy atom. The molecule has 2 heterocycles. The van der Waals surface area contributed by atoms with Crippen molar-refractivity contribution in [3.63, 3.8) is 0 Å². The summed E-state index contributed by atoms with van der Waals surface area (Å²) >= 11 is 0. The van der Waals surface area contributed by atoms with Crippen molar-refractivity contribution in [2.24, 2.45) is 5.92 Å². The van der Waals surface area contributed by atoms with Gasteiger partial charge < -0.3 is 9.64 Å². The van der Waals surface area contributed by atoms with Crippen LogP contribution in [-0.2, 0) is 14.8 Å². The zero-order valence-corrected chi connectivity index (χ0v) is 14.8. The predicted octanol–water partition coefficient (Wildman–Crippen LogP) is 1.58. The fourth-order valence-corrected chi connectivity index (χ4v) is 4.90. The van der Waals surface area contributed by atoms with Gasteiger partial charge in [0.2, 0.25) is 10.0 Å². The van der Waals surface area contributed by atoms with E-state index < -0.39 is 10.0 Å². The molecule has 2 aliphatic rings. The molecule has 2 fully saturated rings. The summed E-state index contributed by atoms with van der Waals surface area (Å²) in [6.45, 7) is 5.29. The Morgan fingerprint density at radius 3 is 2.67 bits per heavy atom. The Morgan fingerprint density at radius 1 is 1.21 bits per heavy atom. The number of carbonyl (C=O) groups is 1. The van der Waals surface area contributed by atoms with E-state index in [4.69, 9.17) is 4.74 Å². The molecule has 1 aromatic carbocycles. The van der Waals surface area contributed by atoms with E-state index in [0.717, 1.165) is 12.8 Å². The van der Waals surface area contributed by atoms with Crippen LogP contribution in [0.4, 0.5) is 0 Å². The second-order valence-corrected chi connectivity index (χ2v) is 8.48. The molecule has 1 aromatic rings. The van der Waals surface area contributed by atoms with Gasteiger partial charge in [-0.1, -0.05) is 13.0 Å². The van der Waals surface area contributed by atoms with Crippen molar-refractivity contribution < 1.29 is 17.9 Å². The third-order valence-corrected chi connectivity index (χ3v) is 6.50. The van der Waals surface area contributed by atoms with Crippen molar-refractivity contribution in [3.8, 4) is 0 Å². The molecule has 0 aliphatic carbocycles. The standard InChI is InChI=1S/C17H24N2O4S/c1-14-4-3-7-19(13-14)24(21,22)16-6-2-5-15(12-16)17(20)18-8-10-23-11-9-18/h2,5-6,12,14H,3-4,7-11,13H2,1H3. The van der Waals surface area contributed by atoms with Gasteiger partial charge in [0, 0.05) is 31.7 Å². The highest BCUT2D eigenvalue weighted by Gasteiger charge is 2.29.